The summed E-state index contributed by atoms with van der Waals surface area (Å²) in [6, 6.07) is 6.66. The number of nitrogens with one attached hydrogen (secondary N) is 2. The van der Waals surface area contributed by atoms with Gasteiger partial charge < -0.3 is 9.64 Å². The van der Waals surface area contributed by atoms with Crippen LogP contribution in [-0.2, 0) is 20.9 Å². The van der Waals surface area contributed by atoms with Crippen LogP contribution in [0.25, 0.3) is 10.8 Å². The molecule has 0 saturated carbocycles. The van der Waals surface area contributed by atoms with Crippen molar-refractivity contribution in [2.75, 3.05) is 26.3 Å². The van der Waals surface area contributed by atoms with Crippen LogP contribution in [0.1, 0.15) is 30.3 Å². The van der Waals surface area contributed by atoms with Crippen LogP contribution in [0, 0.1) is 0 Å². The smallest absolute Gasteiger partial charge is 0.290 e. The van der Waals surface area contributed by atoms with Crippen LogP contribution in [0.5, 0.6) is 0 Å². The van der Waals surface area contributed by atoms with Crippen molar-refractivity contribution in [3.63, 3.8) is 0 Å². The maximum Gasteiger partial charge on any atom is 0.290 e. The van der Waals surface area contributed by atoms with Crippen LogP contribution in [0.2, 0.25) is 0 Å². The molecule has 2 heterocycles. The normalized spacial score (nSPS) is 13.9. The van der Waals surface area contributed by atoms with Gasteiger partial charge in [-0.05, 0) is 13.0 Å². The molecular weight excluding hydrogens is 378 g/mol. The van der Waals surface area contributed by atoms with E-state index in [1.54, 1.807) is 36.1 Å². The summed E-state index contributed by atoms with van der Waals surface area (Å²) < 4.78 is 6.38. The molecule has 1 fully saturated rings. The SMILES string of the molecule is CCn1nc(C(=O)NNC(=O)CCC(=O)N2CCOCC2)c2ccccc2c1=O. The number of carbonyl (C=O) groups is 3. The summed E-state index contributed by atoms with van der Waals surface area (Å²) >= 11 is 0. The Bertz CT molecular complexity index is 981. The van der Waals surface area contributed by atoms with Gasteiger partial charge in [-0.1, -0.05) is 18.2 Å². The highest BCUT2D eigenvalue weighted by molar-refractivity contribution is 6.05. The Hall–Kier alpha value is -3.27. The topological polar surface area (TPSA) is 123 Å². The number of carbonyl (C=O) groups excluding carboxylic acids is 3. The van der Waals surface area contributed by atoms with Crippen molar-refractivity contribution in [3.05, 3.63) is 40.3 Å². The molecule has 3 amide bonds. The molecule has 0 spiro atoms. The van der Waals surface area contributed by atoms with Crippen molar-refractivity contribution in [1.82, 2.24) is 25.5 Å². The van der Waals surface area contributed by atoms with Gasteiger partial charge in [-0.25, -0.2) is 4.68 Å². The van der Waals surface area contributed by atoms with E-state index in [9.17, 15) is 19.2 Å². The van der Waals surface area contributed by atoms with Crippen molar-refractivity contribution < 1.29 is 19.1 Å². The number of aryl methyl sites for hydroxylation is 1. The van der Waals surface area contributed by atoms with E-state index >= 15 is 0 Å². The van der Waals surface area contributed by atoms with Crippen LogP contribution in [0.3, 0.4) is 0 Å². The van der Waals surface area contributed by atoms with Gasteiger partial charge in [0.15, 0.2) is 5.69 Å². The Morgan fingerprint density at radius 2 is 1.76 bits per heavy atom. The molecule has 0 unspecified atom stereocenters. The van der Waals surface area contributed by atoms with Crippen molar-refractivity contribution in [2.45, 2.75) is 26.3 Å². The zero-order chi connectivity index (χ0) is 20.8. The Morgan fingerprint density at radius 3 is 2.45 bits per heavy atom. The molecule has 154 valence electrons. The second kappa shape index (κ2) is 9.28. The molecule has 1 aromatic carbocycles. The largest absolute Gasteiger partial charge is 0.378 e. The van der Waals surface area contributed by atoms with Crippen molar-refractivity contribution >= 4 is 28.5 Å². The number of nitrogens with zero attached hydrogens (tertiary/aromatic N) is 3. The molecule has 0 bridgehead atoms. The van der Waals surface area contributed by atoms with E-state index in [-0.39, 0.29) is 30.0 Å². The monoisotopic (exact) mass is 401 g/mol. The molecule has 10 nitrogen and oxygen atoms in total. The van der Waals surface area contributed by atoms with Gasteiger partial charge >= 0.3 is 0 Å². The molecule has 10 heteroatoms. The lowest BCUT2D eigenvalue weighted by atomic mass is 10.1. The maximum absolute atomic E-state index is 12.5. The molecule has 1 aliphatic rings. The highest BCUT2D eigenvalue weighted by atomic mass is 16.5. The molecule has 29 heavy (non-hydrogen) atoms. The molecule has 1 saturated heterocycles. The summed E-state index contributed by atoms with van der Waals surface area (Å²) in [7, 11) is 0. The average Bonchev–Trinajstić information content (AvgIpc) is 2.76. The summed E-state index contributed by atoms with van der Waals surface area (Å²) in [6.45, 7) is 4.08. The van der Waals surface area contributed by atoms with E-state index in [2.05, 4.69) is 16.0 Å². The van der Waals surface area contributed by atoms with Crippen molar-refractivity contribution in [1.29, 1.82) is 0 Å². The second-order valence-corrected chi connectivity index (χ2v) is 6.51. The van der Waals surface area contributed by atoms with Crippen LogP contribution in [0.15, 0.2) is 29.1 Å². The predicted octanol–water partition coefficient (Wildman–Crippen LogP) is -0.184. The van der Waals surface area contributed by atoms with Gasteiger partial charge in [0, 0.05) is 37.9 Å². The first-order valence-electron chi connectivity index (χ1n) is 9.45. The summed E-state index contributed by atoms with van der Waals surface area (Å²) in [6.07, 6.45) is -0.0112. The van der Waals surface area contributed by atoms with Crippen LogP contribution >= 0.6 is 0 Å². The van der Waals surface area contributed by atoms with E-state index in [4.69, 9.17) is 4.74 Å². The minimum absolute atomic E-state index is 0.0340. The number of hydrogen-bond donors (Lipinski definition) is 2. The first-order valence-corrected chi connectivity index (χ1v) is 9.45. The number of amides is 3. The minimum atomic E-state index is -0.642. The number of fused-ring (bicyclic) bond motifs is 1. The standard InChI is InChI=1S/C19H23N5O5/c1-2-24-19(28)14-6-4-3-5-13(14)17(22-24)18(27)21-20-15(25)7-8-16(26)23-9-11-29-12-10-23/h3-6H,2,7-12H2,1H3,(H,20,25)(H,21,27). The van der Waals surface area contributed by atoms with Gasteiger partial charge in [0.05, 0.1) is 18.6 Å². The average molecular weight is 401 g/mol. The van der Waals surface area contributed by atoms with Crippen molar-refractivity contribution in [2.24, 2.45) is 0 Å². The maximum atomic E-state index is 12.5. The number of benzene rings is 1. The van der Waals surface area contributed by atoms with Crippen LogP contribution < -0.4 is 16.4 Å². The minimum Gasteiger partial charge on any atom is -0.378 e. The highest BCUT2D eigenvalue weighted by Crippen LogP contribution is 2.13. The third-order valence-electron chi connectivity index (χ3n) is 4.63. The lowest BCUT2D eigenvalue weighted by Gasteiger charge is -2.26. The Labute approximate surface area is 166 Å². The summed E-state index contributed by atoms with van der Waals surface area (Å²) in [5.74, 6) is -1.26. The third-order valence-corrected chi connectivity index (χ3v) is 4.63. The Morgan fingerprint density at radius 1 is 1.07 bits per heavy atom. The van der Waals surface area contributed by atoms with E-state index in [1.165, 1.54) is 4.68 Å². The first kappa shape index (κ1) is 20.5. The van der Waals surface area contributed by atoms with Gasteiger partial charge in [-0.15, -0.1) is 0 Å². The van der Waals surface area contributed by atoms with Gasteiger partial charge in [0.25, 0.3) is 11.5 Å². The molecule has 1 aromatic heterocycles. The fourth-order valence-corrected chi connectivity index (χ4v) is 3.06. The molecule has 2 N–H and O–H groups in total. The molecule has 2 aromatic rings. The zero-order valence-corrected chi connectivity index (χ0v) is 16.1. The number of rotatable bonds is 5. The molecule has 0 aliphatic carbocycles. The Kier molecular flexibility index (Phi) is 6.55. The summed E-state index contributed by atoms with van der Waals surface area (Å²) in [5.41, 5.74) is 4.35. The molecular formula is C19H23N5O5. The number of hydrogen-bond acceptors (Lipinski definition) is 6. The summed E-state index contributed by atoms with van der Waals surface area (Å²) in [5, 5.41) is 4.87. The Balaban J connectivity index is 1.60. The summed E-state index contributed by atoms with van der Waals surface area (Å²) in [4.78, 5) is 50.6. The fraction of sp³-hybridized carbons (Fsp3) is 0.421. The van der Waals surface area contributed by atoms with Gasteiger partial charge in [0.2, 0.25) is 11.8 Å². The highest BCUT2D eigenvalue weighted by Gasteiger charge is 2.19. The second-order valence-electron chi connectivity index (χ2n) is 6.51. The third kappa shape index (κ3) is 4.77. The lowest BCUT2D eigenvalue weighted by molar-refractivity contribution is -0.137. The van der Waals surface area contributed by atoms with Crippen LogP contribution in [0.4, 0.5) is 0 Å². The van der Waals surface area contributed by atoms with E-state index in [1.807, 2.05) is 0 Å². The van der Waals surface area contributed by atoms with Gasteiger partial charge in [-0.3, -0.25) is 30.0 Å². The van der Waals surface area contributed by atoms with Gasteiger partial charge in [0.1, 0.15) is 0 Å². The number of ether oxygens (including phenoxy) is 1. The van der Waals surface area contributed by atoms with Crippen molar-refractivity contribution in [3.8, 4) is 0 Å². The molecule has 1 aliphatic heterocycles. The first-order chi connectivity index (χ1) is 14.0. The zero-order valence-electron chi connectivity index (χ0n) is 16.1. The number of morpholine rings is 1. The van der Waals surface area contributed by atoms with E-state index in [0.717, 1.165) is 0 Å². The van der Waals surface area contributed by atoms with E-state index < -0.39 is 11.8 Å². The lowest BCUT2D eigenvalue weighted by Crippen LogP contribution is -2.44. The molecule has 3 rings (SSSR count). The fourth-order valence-electron chi connectivity index (χ4n) is 3.06. The van der Waals surface area contributed by atoms with Crippen LogP contribution in [-0.4, -0.2) is 58.7 Å². The quantitative estimate of drug-likeness (QED) is 0.670. The number of hydrazine groups is 1. The number of aromatic nitrogens is 2. The van der Waals surface area contributed by atoms with E-state index in [0.29, 0.717) is 43.6 Å². The van der Waals surface area contributed by atoms with Gasteiger partial charge in [-0.2, -0.15) is 5.10 Å². The molecule has 0 atom stereocenters. The molecule has 0 radical (unpaired) electrons. The predicted molar refractivity (Wildman–Crippen MR) is 104 cm³/mol.